The van der Waals surface area contributed by atoms with Crippen molar-refractivity contribution in [2.75, 3.05) is 18.4 Å². The molecule has 2 N–H and O–H groups in total. The lowest BCUT2D eigenvalue weighted by Crippen LogP contribution is -2.41. The molecule has 2 heterocycles. The molecule has 1 aliphatic carbocycles. The molecular formula is C19H23ClN4O. The minimum Gasteiger partial charge on any atom is -0.508 e. The van der Waals surface area contributed by atoms with E-state index in [4.69, 9.17) is 11.6 Å². The van der Waals surface area contributed by atoms with Gasteiger partial charge in [0.2, 0.25) is 0 Å². The van der Waals surface area contributed by atoms with Crippen LogP contribution in [0.15, 0.2) is 24.5 Å². The third-order valence-electron chi connectivity index (χ3n) is 5.16. The highest BCUT2D eigenvalue weighted by Crippen LogP contribution is 2.28. The Bertz CT molecular complexity index is 767. The summed E-state index contributed by atoms with van der Waals surface area (Å²) in [5.74, 6) is 1.33. The number of phenols is 1. The van der Waals surface area contributed by atoms with Crippen molar-refractivity contribution in [1.29, 1.82) is 0 Å². The summed E-state index contributed by atoms with van der Waals surface area (Å²) in [5.41, 5.74) is 3.39. The number of nitrogens with zero attached hydrogens (tertiary/aromatic N) is 3. The van der Waals surface area contributed by atoms with Crippen LogP contribution in [0.3, 0.4) is 0 Å². The minimum absolute atomic E-state index is 0.313. The summed E-state index contributed by atoms with van der Waals surface area (Å²) >= 11 is 6.07. The maximum atomic E-state index is 10.1. The molecule has 5 nitrogen and oxygen atoms in total. The van der Waals surface area contributed by atoms with Crippen LogP contribution in [-0.2, 0) is 19.4 Å². The largest absolute Gasteiger partial charge is 0.508 e. The summed E-state index contributed by atoms with van der Waals surface area (Å²) in [6, 6.07) is 5.61. The molecule has 6 heteroatoms. The van der Waals surface area contributed by atoms with Crippen LogP contribution in [0.2, 0.25) is 5.02 Å². The summed E-state index contributed by atoms with van der Waals surface area (Å²) in [5, 5.41) is 14.4. The number of aromatic nitrogens is 2. The Labute approximate surface area is 153 Å². The van der Waals surface area contributed by atoms with E-state index in [0.717, 1.165) is 50.2 Å². The number of hydrogen-bond acceptors (Lipinski definition) is 5. The summed E-state index contributed by atoms with van der Waals surface area (Å²) in [4.78, 5) is 11.2. The normalized spacial score (nSPS) is 20.4. The number of fused-ring (bicyclic) bond motifs is 1. The van der Waals surface area contributed by atoms with E-state index >= 15 is 0 Å². The highest BCUT2D eigenvalue weighted by molar-refractivity contribution is 6.30. The fourth-order valence-electron chi connectivity index (χ4n) is 3.92. The summed E-state index contributed by atoms with van der Waals surface area (Å²) in [6.07, 6.45) is 7.26. The molecule has 0 amide bonds. The van der Waals surface area contributed by atoms with Gasteiger partial charge in [0, 0.05) is 41.0 Å². The number of halogens is 1. The predicted molar refractivity (Wildman–Crippen MR) is 99.1 cm³/mol. The van der Waals surface area contributed by atoms with E-state index in [2.05, 4.69) is 20.2 Å². The van der Waals surface area contributed by atoms with Gasteiger partial charge in [-0.1, -0.05) is 11.6 Å². The van der Waals surface area contributed by atoms with Crippen LogP contribution in [0.25, 0.3) is 0 Å². The molecule has 1 aromatic heterocycles. The number of rotatable bonds is 4. The van der Waals surface area contributed by atoms with E-state index in [9.17, 15) is 5.11 Å². The molecule has 132 valence electrons. The van der Waals surface area contributed by atoms with Crippen LogP contribution in [0.1, 0.15) is 36.1 Å². The molecular weight excluding hydrogens is 336 g/mol. The maximum Gasteiger partial charge on any atom is 0.133 e. The fourth-order valence-corrected chi connectivity index (χ4v) is 4.11. The summed E-state index contributed by atoms with van der Waals surface area (Å²) in [7, 11) is 0. The van der Waals surface area contributed by atoms with E-state index in [0.29, 0.717) is 23.4 Å². The third-order valence-corrected chi connectivity index (χ3v) is 5.39. The van der Waals surface area contributed by atoms with Crippen molar-refractivity contribution < 1.29 is 5.11 Å². The number of benzene rings is 1. The van der Waals surface area contributed by atoms with E-state index in [1.54, 1.807) is 18.5 Å². The maximum absolute atomic E-state index is 10.1. The second-order valence-corrected chi connectivity index (χ2v) is 7.43. The first-order chi connectivity index (χ1) is 12.2. The number of piperidine rings is 1. The van der Waals surface area contributed by atoms with Crippen LogP contribution in [-0.4, -0.2) is 39.1 Å². The SMILES string of the molecule is Oc1ccc(Cl)cc1CN1CCCC(Nc2ncnc3c2CCC3)C1. The van der Waals surface area contributed by atoms with Gasteiger partial charge in [-0.3, -0.25) is 4.90 Å². The van der Waals surface area contributed by atoms with Crippen molar-refractivity contribution in [1.82, 2.24) is 14.9 Å². The van der Waals surface area contributed by atoms with E-state index < -0.39 is 0 Å². The zero-order valence-corrected chi connectivity index (χ0v) is 15.0. The number of hydrogen-bond donors (Lipinski definition) is 2. The van der Waals surface area contributed by atoms with Gasteiger partial charge in [-0.2, -0.15) is 0 Å². The molecule has 0 spiro atoms. The standard InChI is InChI=1S/C19H23ClN4O/c20-14-6-7-18(25)13(9-14)10-24-8-2-3-15(11-24)23-19-16-4-1-5-17(16)21-12-22-19/h6-7,9,12,15,25H,1-5,8,10-11H2,(H,21,22,23). The monoisotopic (exact) mass is 358 g/mol. The zero-order valence-electron chi connectivity index (χ0n) is 14.2. The highest BCUT2D eigenvalue weighted by atomic mass is 35.5. The lowest BCUT2D eigenvalue weighted by Gasteiger charge is -2.33. The molecule has 2 aliphatic rings. The van der Waals surface area contributed by atoms with Crippen LogP contribution in [0, 0.1) is 0 Å². The minimum atomic E-state index is 0.313. The molecule has 1 unspecified atom stereocenters. The van der Waals surface area contributed by atoms with Crippen molar-refractivity contribution in [3.05, 3.63) is 46.4 Å². The number of anilines is 1. The first kappa shape index (κ1) is 16.6. The molecule has 4 rings (SSSR count). The van der Waals surface area contributed by atoms with Crippen molar-refractivity contribution in [2.45, 2.75) is 44.7 Å². The number of likely N-dealkylation sites (tertiary alicyclic amines) is 1. The van der Waals surface area contributed by atoms with Crippen LogP contribution < -0.4 is 5.32 Å². The Morgan fingerprint density at radius 2 is 2.16 bits per heavy atom. The smallest absolute Gasteiger partial charge is 0.133 e. The Balaban J connectivity index is 1.43. The Hall–Kier alpha value is -1.85. The molecule has 2 aromatic rings. The van der Waals surface area contributed by atoms with Crippen LogP contribution in [0.4, 0.5) is 5.82 Å². The van der Waals surface area contributed by atoms with Gasteiger partial charge < -0.3 is 10.4 Å². The van der Waals surface area contributed by atoms with E-state index in [1.165, 1.54) is 17.7 Å². The first-order valence-corrected chi connectivity index (χ1v) is 9.36. The van der Waals surface area contributed by atoms with Crippen LogP contribution >= 0.6 is 11.6 Å². The topological polar surface area (TPSA) is 61.3 Å². The van der Waals surface area contributed by atoms with E-state index in [1.807, 2.05) is 6.07 Å². The molecule has 25 heavy (non-hydrogen) atoms. The molecule has 1 fully saturated rings. The molecule has 0 bridgehead atoms. The average Bonchev–Trinajstić information content (AvgIpc) is 3.08. The van der Waals surface area contributed by atoms with Crippen molar-refractivity contribution in [2.24, 2.45) is 0 Å². The van der Waals surface area contributed by atoms with Gasteiger partial charge in [0.1, 0.15) is 17.9 Å². The summed E-state index contributed by atoms with van der Waals surface area (Å²) < 4.78 is 0. The van der Waals surface area contributed by atoms with Crippen LogP contribution in [0.5, 0.6) is 5.75 Å². The van der Waals surface area contributed by atoms with Crippen molar-refractivity contribution in [3.8, 4) is 5.75 Å². The number of phenolic OH excluding ortho intramolecular Hbond substituents is 1. The predicted octanol–water partition coefficient (Wildman–Crippen LogP) is 3.40. The van der Waals surface area contributed by atoms with Gasteiger partial charge in [0.25, 0.3) is 0 Å². The first-order valence-electron chi connectivity index (χ1n) is 8.98. The van der Waals surface area contributed by atoms with Gasteiger partial charge in [-0.25, -0.2) is 9.97 Å². The molecule has 1 aromatic carbocycles. The quantitative estimate of drug-likeness (QED) is 0.877. The summed E-state index contributed by atoms with van der Waals surface area (Å²) in [6.45, 7) is 2.68. The molecule has 1 atom stereocenters. The molecule has 1 saturated heterocycles. The Morgan fingerprint density at radius 1 is 1.24 bits per heavy atom. The third kappa shape index (κ3) is 3.72. The number of nitrogens with one attached hydrogen (secondary N) is 1. The Morgan fingerprint density at radius 3 is 3.08 bits per heavy atom. The number of aromatic hydroxyl groups is 1. The van der Waals surface area contributed by atoms with Gasteiger partial charge in [0.05, 0.1) is 0 Å². The highest BCUT2D eigenvalue weighted by Gasteiger charge is 2.24. The lowest BCUT2D eigenvalue weighted by molar-refractivity contribution is 0.206. The molecule has 1 aliphatic heterocycles. The van der Waals surface area contributed by atoms with Gasteiger partial charge in [0.15, 0.2) is 0 Å². The lowest BCUT2D eigenvalue weighted by atomic mass is 10.0. The average molecular weight is 359 g/mol. The second-order valence-electron chi connectivity index (χ2n) is 6.99. The Kier molecular flexibility index (Phi) is 4.77. The van der Waals surface area contributed by atoms with Gasteiger partial charge in [-0.15, -0.1) is 0 Å². The number of aryl methyl sites for hydroxylation is 1. The van der Waals surface area contributed by atoms with E-state index in [-0.39, 0.29) is 0 Å². The second kappa shape index (κ2) is 7.18. The van der Waals surface area contributed by atoms with Crippen molar-refractivity contribution >= 4 is 17.4 Å². The fraction of sp³-hybridized carbons (Fsp3) is 0.474. The van der Waals surface area contributed by atoms with Gasteiger partial charge >= 0.3 is 0 Å². The molecule has 0 radical (unpaired) electrons. The van der Waals surface area contributed by atoms with Crippen molar-refractivity contribution in [3.63, 3.8) is 0 Å². The zero-order chi connectivity index (χ0) is 17.2. The molecule has 0 saturated carbocycles. The van der Waals surface area contributed by atoms with Gasteiger partial charge in [-0.05, 0) is 56.8 Å².